The number of phosphoric acid groups is 1. The topological polar surface area (TPSA) is 210 Å². The predicted molar refractivity (Wildman–Crippen MR) is 239 cm³/mol. The molecule has 13 nitrogen and oxygen atoms in total. The molecule has 0 saturated heterocycles. The Morgan fingerprint density at radius 2 is 0.934 bits per heavy atom. The van der Waals surface area contributed by atoms with E-state index in [-0.39, 0.29) is 12.8 Å². The zero-order valence-corrected chi connectivity index (χ0v) is 38.1. The third kappa shape index (κ3) is 29.5. The standard InChI is InChI=1S/C47H81O13P/c1-3-5-7-9-11-13-15-17-18-19-20-21-22-24-26-28-30-32-34-36-41(49)59-39(38-58-61(55,56)60-47-45(53)43(51)42(50)44(52)46(47)54)37-57-40(48)35-33-31-29-27-25-23-16-14-12-10-8-6-4-2/h5,7,11,13-14,16-18,20-21,39,42-47,50-54H,3-4,6,8-10,12,15,19,22-38H2,1-2H3,(H,55,56)/b7-5-,13-11-,16-14-,18-17-,21-20-. The normalized spacial score (nSPS) is 22.6. The molecule has 1 aliphatic rings. The van der Waals surface area contributed by atoms with Gasteiger partial charge in [-0.3, -0.25) is 18.6 Å². The Balaban J connectivity index is 2.47. The van der Waals surface area contributed by atoms with Gasteiger partial charge < -0.3 is 39.9 Å². The third-order valence-corrected chi connectivity index (χ3v) is 11.3. The molecule has 0 heterocycles. The van der Waals surface area contributed by atoms with E-state index in [0.29, 0.717) is 12.8 Å². The number of hydrogen-bond acceptors (Lipinski definition) is 12. The average Bonchev–Trinajstić information content (AvgIpc) is 3.24. The second kappa shape index (κ2) is 37.0. The molecule has 0 amide bonds. The summed E-state index contributed by atoms with van der Waals surface area (Å²) in [6, 6.07) is 0. The van der Waals surface area contributed by atoms with E-state index in [0.717, 1.165) is 103 Å². The number of hydrogen-bond donors (Lipinski definition) is 6. The number of phosphoric ester groups is 1. The summed E-state index contributed by atoms with van der Waals surface area (Å²) in [5.74, 6) is -1.13. The summed E-state index contributed by atoms with van der Waals surface area (Å²) in [5.41, 5.74) is 0. The fourth-order valence-electron chi connectivity index (χ4n) is 6.62. The van der Waals surface area contributed by atoms with Crippen LogP contribution in [0.25, 0.3) is 0 Å². The smallest absolute Gasteiger partial charge is 0.462 e. The van der Waals surface area contributed by atoms with Crippen LogP contribution >= 0.6 is 7.82 Å². The van der Waals surface area contributed by atoms with Crippen molar-refractivity contribution in [3.63, 3.8) is 0 Å². The lowest BCUT2D eigenvalue weighted by Crippen LogP contribution is -2.64. The Labute approximate surface area is 366 Å². The van der Waals surface area contributed by atoms with Gasteiger partial charge in [0, 0.05) is 12.8 Å². The highest BCUT2D eigenvalue weighted by atomic mass is 31.2. The largest absolute Gasteiger partial charge is 0.472 e. The van der Waals surface area contributed by atoms with E-state index in [2.05, 4.69) is 74.6 Å². The van der Waals surface area contributed by atoms with Crippen LogP contribution < -0.4 is 0 Å². The maximum atomic E-state index is 12.8. The molecule has 6 unspecified atom stereocenters. The molecule has 6 atom stereocenters. The molecule has 0 spiro atoms. The zero-order chi connectivity index (χ0) is 45.0. The first-order valence-corrected chi connectivity index (χ1v) is 24.6. The molecule has 0 aliphatic heterocycles. The van der Waals surface area contributed by atoms with Crippen LogP contribution in [0, 0.1) is 0 Å². The molecule has 0 radical (unpaired) electrons. The number of ether oxygens (including phenoxy) is 2. The summed E-state index contributed by atoms with van der Waals surface area (Å²) < 4.78 is 33.5. The van der Waals surface area contributed by atoms with Crippen LogP contribution in [0.4, 0.5) is 0 Å². The van der Waals surface area contributed by atoms with Crippen LogP contribution in [0.3, 0.4) is 0 Å². The van der Waals surface area contributed by atoms with Crippen molar-refractivity contribution in [3.05, 3.63) is 60.8 Å². The number of allylic oxidation sites excluding steroid dienone is 10. The van der Waals surface area contributed by atoms with E-state index >= 15 is 0 Å². The lowest BCUT2D eigenvalue weighted by Gasteiger charge is -2.41. The van der Waals surface area contributed by atoms with Crippen molar-refractivity contribution in [1.29, 1.82) is 0 Å². The van der Waals surface area contributed by atoms with Gasteiger partial charge in [-0.25, -0.2) is 4.57 Å². The van der Waals surface area contributed by atoms with E-state index in [1.54, 1.807) is 0 Å². The van der Waals surface area contributed by atoms with Crippen molar-refractivity contribution >= 4 is 19.8 Å². The van der Waals surface area contributed by atoms with Crippen molar-refractivity contribution in [1.82, 2.24) is 0 Å². The summed E-state index contributed by atoms with van der Waals surface area (Å²) in [6.07, 6.45) is 31.3. The predicted octanol–water partition coefficient (Wildman–Crippen LogP) is 8.94. The van der Waals surface area contributed by atoms with E-state index in [1.807, 2.05) is 0 Å². The van der Waals surface area contributed by atoms with Crippen molar-refractivity contribution in [3.8, 4) is 0 Å². The van der Waals surface area contributed by atoms with Gasteiger partial charge in [0.25, 0.3) is 0 Å². The van der Waals surface area contributed by atoms with E-state index in [1.165, 1.54) is 25.7 Å². The van der Waals surface area contributed by atoms with E-state index in [9.17, 15) is 44.6 Å². The Bertz CT molecular complexity index is 1300. The number of carbonyl (C=O) groups excluding carboxylic acids is 2. The first kappa shape index (κ1) is 56.6. The quantitative estimate of drug-likeness (QED) is 0.0149. The van der Waals surface area contributed by atoms with Gasteiger partial charge in [-0.15, -0.1) is 0 Å². The Hall–Kier alpha value is -2.45. The van der Waals surface area contributed by atoms with Gasteiger partial charge in [0.2, 0.25) is 0 Å². The molecule has 0 bridgehead atoms. The fourth-order valence-corrected chi connectivity index (χ4v) is 7.60. The first-order chi connectivity index (χ1) is 29.4. The Morgan fingerprint density at radius 1 is 0.525 bits per heavy atom. The van der Waals surface area contributed by atoms with Crippen molar-refractivity contribution in [2.75, 3.05) is 13.2 Å². The van der Waals surface area contributed by atoms with Crippen molar-refractivity contribution in [2.45, 2.75) is 211 Å². The lowest BCUT2D eigenvalue weighted by atomic mass is 9.85. The van der Waals surface area contributed by atoms with Crippen LogP contribution in [-0.2, 0) is 32.7 Å². The summed E-state index contributed by atoms with van der Waals surface area (Å²) in [6.45, 7) is 3.14. The molecule has 1 aliphatic carbocycles. The summed E-state index contributed by atoms with van der Waals surface area (Å²) in [5, 5.41) is 50.1. The minimum Gasteiger partial charge on any atom is -0.462 e. The molecular weight excluding hydrogens is 803 g/mol. The second-order valence-corrected chi connectivity index (χ2v) is 17.3. The van der Waals surface area contributed by atoms with Gasteiger partial charge in [0.1, 0.15) is 43.2 Å². The molecule has 14 heteroatoms. The number of carbonyl (C=O) groups is 2. The van der Waals surface area contributed by atoms with Gasteiger partial charge >= 0.3 is 19.8 Å². The maximum absolute atomic E-state index is 12.8. The highest BCUT2D eigenvalue weighted by Gasteiger charge is 2.51. The molecule has 352 valence electrons. The zero-order valence-electron chi connectivity index (χ0n) is 37.2. The minimum atomic E-state index is -5.13. The lowest BCUT2D eigenvalue weighted by molar-refractivity contribution is -0.220. The molecule has 0 aromatic rings. The highest BCUT2D eigenvalue weighted by Crippen LogP contribution is 2.47. The molecule has 0 aromatic carbocycles. The van der Waals surface area contributed by atoms with Crippen LogP contribution in [-0.4, -0.2) is 98.3 Å². The van der Waals surface area contributed by atoms with E-state index in [4.69, 9.17) is 18.5 Å². The molecule has 1 saturated carbocycles. The van der Waals surface area contributed by atoms with Gasteiger partial charge in [0.15, 0.2) is 6.10 Å². The second-order valence-electron chi connectivity index (χ2n) is 15.9. The van der Waals surface area contributed by atoms with Crippen LogP contribution in [0.2, 0.25) is 0 Å². The molecule has 0 aromatic heterocycles. The molecule has 1 fully saturated rings. The Kier molecular flexibility index (Phi) is 34.3. The summed E-state index contributed by atoms with van der Waals surface area (Å²) in [7, 11) is -5.13. The van der Waals surface area contributed by atoms with Crippen molar-refractivity contribution < 1.29 is 63.1 Å². The van der Waals surface area contributed by atoms with Gasteiger partial charge in [0.05, 0.1) is 6.61 Å². The number of aliphatic hydroxyl groups is 5. The number of aliphatic hydroxyl groups excluding tert-OH is 5. The molecule has 61 heavy (non-hydrogen) atoms. The molecular formula is C47H81O13P. The van der Waals surface area contributed by atoms with Gasteiger partial charge in [-0.1, -0.05) is 139 Å². The minimum absolute atomic E-state index is 0.0764. The number of unbranched alkanes of at least 4 members (excludes halogenated alkanes) is 15. The Morgan fingerprint density at radius 3 is 1.44 bits per heavy atom. The van der Waals surface area contributed by atoms with Gasteiger partial charge in [-0.2, -0.15) is 0 Å². The average molecular weight is 885 g/mol. The highest BCUT2D eigenvalue weighted by molar-refractivity contribution is 7.47. The summed E-state index contributed by atoms with van der Waals surface area (Å²) >= 11 is 0. The maximum Gasteiger partial charge on any atom is 0.472 e. The molecule has 1 rings (SSSR count). The monoisotopic (exact) mass is 885 g/mol. The summed E-state index contributed by atoms with van der Waals surface area (Å²) in [4.78, 5) is 35.7. The van der Waals surface area contributed by atoms with E-state index < -0.39 is 75.7 Å². The molecule has 6 N–H and O–H groups in total. The fraction of sp³-hybridized carbons (Fsp3) is 0.745. The SMILES string of the molecule is CC/C=C\C/C=C\C/C=C\C/C=C\CCCCCCCCC(=O)OC(COC(=O)CCCCCCC/C=C\CCCCCC)COP(=O)(O)OC1C(O)C(O)C(O)C(O)C1O. The van der Waals surface area contributed by atoms with Gasteiger partial charge in [-0.05, 0) is 77.0 Å². The third-order valence-electron chi connectivity index (χ3n) is 10.3. The van der Waals surface area contributed by atoms with Crippen LogP contribution in [0.15, 0.2) is 60.8 Å². The van der Waals surface area contributed by atoms with Crippen LogP contribution in [0.5, 0.6) is 0 Å². The number of esters is 2. The number of rotatable bonds is 37. The first-order valence-electron chi connectivity index (χ1n) is 23.1. The van der Waals surface area contributed by atoms with Crippen LogP contribution in [0.1, 0.15) is 168 Å². The van der Waals surface area contributed by atoms with Crippen molar-refractivity contribution in [2.24, 2.45) is 0 Å².